The Morgan fingerprint density at radius 1 is 1.21 bits per heavy atom. The summed E-state index contributed by atoms with van der Waals surface area (Å²) in [6, 6.07) is 0. The first-order valence-electron chi connectivity index (χ1n) is 6.01. The van der Waals surface area contributed by atoms with Gasteiger partial charge in [0.1, 0.15) is 24.4 Å². The summed E-state index contributed by atoms with van der Waals surface area (Å²) in [5.41, 5.74) is 0.258. The molecule has 4 N–H and O–H groups in total. The lowest BCUT2D eigenvalue weighted by atomic mass is 9.94. The lowest BCUT2D eigenvalue weighted by Gasteiger charge is -2.40. The summed E-state index contributed by atoms with van der Waals surface area (Å²) in [5.74, 6) is -0.551. The van der Waals surface area contributed by atoms with Crippen molar-refractivity contribution in [1.29, 1.82) is 0 Å². The van der Waals surface area contributed by atoms with Crippen LogP contribution < -0.4 is 0 Å². The summed E-state index contributed by atoms with van der Waals surface area (Å²) < 4.78 is 10.1. The van der Waals surface area contributed by atoms with Crippen LogP contribution >= 0.6 is 0 Å². The fourth-order valence-corrected chi connectivity index (χ4v) is 1.81. The minimum absolute atomic E-state index is 0.0195. The number of ether oxygens (including phenoxy) is 2. The number of carbonyl (C=O) groups excluding carboxylic acids is 1. The van der Waals surface area contributed by atoms with Crippen LogP contribution in [0.15, 0.2) is 12.2 Å². The monoisotopic (exact) mass is 276 g/mol. The summed E-state index contributed by atoms with van der Waals surface area (Å²) in [6.45, 7) is 4.43. The average molecular weight is 276 g/mol. The fraction of sp³-hybridized carbons (Fsp3) is 0.750. The van der Waals surface area contributed by atoms with Crippen LogP contribution in [0.4, 0.5) is 0 Å². The van der Waals surface area contributed by atoms with E-state index in [1.807, 2.05) is 0 Å². The predicted octanol–water partition coefficient (Wildman–Crippen LogP) is -1.66. The molecule has 1 rings (SSSR count). The van der Waals surface area contributed by atoms with Crippen LogP contribution in [0.1, 0.15) is 13.3 Å². The van der Waals surface area contributed by atoms with Gasteiger partial charge in [0.15, 0.2) is 0 Å². The highest BCUT2D eigenvalue weighted by Gasteiger charge is 2.43. The van der Waals surface area contributed by atoms with Gasteiger partial charge < -0.3 is 29.9 Å². The van der Waals surface area contributed by atoms with Gasteiger partial charge in [-0.25, -0.2) is 4.79 Å². The van der Waals surface area contributed by atoms with Gasteiger partial charge in [0, 0.05) is 12.0 Å². The molecule has 0 aromatic carbocycles. The van der Waals surface area contributed by atoms with Gasteiger partial charge in [-0.05, 0) is 6.92 Å². The third kappa shape index (κ3) is 3.99. The SMILES string of the molecule is C=C(C)C(=O)OCCC1O[C@H](CO)[C@@H](O)[C@H](O)[C@@H]1O. The first-order valence-corrected chi connectivity index (χ1v) is 6.01. The molecule has 0 bridgehead atoms. The molecule has 0 amide bonds. The van der Waals surface area contributed by atoms with E-state index in [0.29, 0.717) is 0 Å². The van der Waals surface area contributed by atoms with E-state index in [9.17, 15) is 20.1 Å². The molecule has 1 heterocycles. The maximum absolute atomic E-state index is 11.1. The molecule has 1 fully saturated rings. The highest BCUT2D eigenvalue weighted by molar-refractivity contribution is 5.86. The van der Waals surface area contributed by atoms with Gasteiger partial charge in [-0.1, -0.05) is 6.58 Å². The van der Waals surface area contributed by atoms with E-state index < -0.39 is 43.1 Å². The van der Waals surface area contributed by atoms with Crippen molar-refractivity contribution in [1.82, 2.24) is 0 Å². The highest BCUT2D eigenvalue weighted by atomic mass is 16.6. The Morgan fingerprint density at radius 3 is 2.32 bits per heavy atom. The third-order valence-corrected chi connectivity index (χ3v) is 2.98. The van der Waals surface area contributed by atoms with Crippen molar-refractivity contribution in [2.45, 2.75) is 43.9 Å². The topological polar surface area (TPSA) is 116 Å². The zero-order valence-electron chi connectivity index (χ0n) is 10.7. The first-order chi connectivity index (χ1) is 8.88. The Labute approximate surface area is 111 Å². The van der Waals surface area contributed by atoms with Crippen molar-refractivity contribution in [2.24, 2.45) is 0 Å². The summed E-state index contributed by atoms with van der Waals surface area (Å²) in [7, 11) is 0. The Kier molecular flexibility index (Phi) is 5.89. The second-order valence-corrected chi connectivity index (χ2v) is 4.57. The van der Waals surface area contributed by atoms with E-state index in [-0.39, 0.29) is 18.6 Å². The standard InChI is InChI=1S/C12H20O7/c1-6(2)12(17)18-4-3-7-9(14)11(16)10(15)8(5-13)19-7/h7-11,13-16H,1,3-5H2,2H3/t7?,8-,9-,10-,11-/m1/s1. The van der Waals surface area contributed by atoms with Gasteiger partial charge in [0.05, 0.1) is 19.3 Å². The molecule has 1 aliphatic rings. The molecule has 0 aromatic rings. The second kappa shape index (κ2) is 6.97. The van der Waals surface area contributed by atoms with Gasteiger partial charge in [-0.2, -0.15) is 0 Å². The minimum atomic E-state index is -1.41. The quantitative estimate of drug-likeness (QED) is 0.351. The smallest absolute Gasteiger partial charge is 0.333 e. The largest absolute Gasteiger partial charge is 0.462 e. The van der Waals surface area contributed by atoms with Crippen LogP contribution in [-0.4, -0.2) is 70.1 Å². The van der Waals surface area contributed by atoms with Crippen LogP contribution in [0.25, 0.3) is 0 Å². The second-order valence-electron chi connectivity index (χ2n) is 4.57. The van der Waals surface area contributed by atoms with Crippen LogP contribution in [0.2, 0.25) is 0 Å². The predicted molar refractivity (Wildman–Crippen MR) is 64.2 cm³/mol. The molecular weight excluding hydrogens is 256 g/mol. The first kappa shape index (κ1) is 16.1. The Balaban J connectivity index is 2.48. The van der Waals surface area contributed by atoms with E-state index in [0.717, 1.165) is 0 Å². The van der Waals surface area contributed by atoms with Crippen LogP contribution in [0.5, 0.6) is 0 Å². The zero-order chi connectivity index (χ0) is 14.6. The van der Waals surface area contributed by atoms with E-state index in [2.05, 4.69) is 6.58 Å². The van der Waals surface area contributed by atoms with Crippen molar-refractivity contribution in [3.63, 3.8) is 0 Å². The summed E-state index contributed by atoms with van der Waals surface area (Å²) in [6.07, 6.45) is -5.72. The van der Waals surface area contributed by atoms with Crippen molar-refractivity contribution < 1.29 is 34.7 Å². The summed E-state index contributed by atoms with van der Waals surface area (Å²) in [4.78, 5) is 11.1. The molecule has 1 unspecified atom stereocenters. The molecule has 110 valence electrons. The maximum Gasteiger partial charge on any atom is 0.333 e. The number of hydrogen-bond donors (Lipinski definition) is 4. The number of aliphatic hydroxyl groups is 4. The van der Waals surface area contributed by atoms with Gasteiger partial charge in [0.25, 0.3) is 0 Å². The molecule has 0 saturated carbocycles. The van der Waals surface area contributed by atoms with Crippen molar-refractivity contribution >= 4 is 5.97 Å². The number of aliphatic hydroxyl groups excluding tert-OH is 4. The third-order valence-electron chi connectivity index (χ3n) is 2.98. The molecule has 19 heavy (non-hydrogen) atoms. The van der Waals surface area contributed by atoms with Crippen molar-refractivity contribution in [3.05, 3.63) is 12.2 Å². The minimum Gasteiger partial charge on any atom is -0.462 e. The van der Waals surface area contributed by atoms with Gasteiger partial charge >= 0.3 is 5.97 Å². The Bertz CT molecular complexity index is 328. The number of rotatable bonds is 5. The van der Waals surface area contributed by atoms with Gasteiger partial charge in [-0.3, -0.25) is 0 Å². The van der Waals surface area contributed by atoms with E-state index in [1.165, 1.54) is 6.92 Å². The summed E-state index contributed by atoms with van der Waals surface area (Å²) in [5, 5.41) is 37.8. The Hall–Kier alpha value is -0.990. The van der Waals surface area contributed by atoms with Crippen LogP contribution in [0, 0.1) is 0 Å². The Morgan fingerprint density at radius 2 is 1.79 bits per heavy atom. The van der Waals surface area contributed by atoms with Gasteiger partial charge in [0.2, 0.25) is 0 Å². The molecule has 1 aliphatic heterocycles. The molecule has 1 saturated heterocycles. The van der Waals surface area contributed by atoms with Crippen molar-refractivity contribution in [2.75, 3.05) is 13.2 Å². The lowest BCUT2D eigenvalue weighted by Crippen LogP contribution is -2.58. The molecular formula is C12H20O7. The van der Waals surface area contributed by atoms with Crippen LogP contribution in [-0.2, 0) is 14.3 Å². The number of hydrogen-bond acceptors (Lipinski definition) is 7. The molecule has 0 aromatic heterocycles. The lowest BCUT2D eigenvalue weighted by molar-refractivity contribution is -0.232. The average Bonchev–Trinajstić information content (AvgIpc) is 2.38. The molecule has 0 spiro atoms. The van der Waals surface area contributed by atoms with E-state index in [4.69, 9.17) is 14.6 Å². The van der Waals surface area contributed by atoms with E-state index in [1.54, 1.807) is 0 Å². The fourth-order valence-electron chi connectivity index (χ4n) is 1.81. The molecule has 7 nitrogen and oxygen atoms in total. The molecule has 0 aliphatic carbocycles. The van der Waals surface area contributed by atoms with Gasteiger partial charge in [-0.15, -0.1) is 0 Å². The van der Waals surface area contributed by atoms with E-state index >= 15 is 0 Å². The maximum atomic E-state index is 11.1. The highest BCUT2D eigenvalue weighted by Crippen LogP contribution is 2.23. The van der Waals surface area contributed by atoms with Crippen LogP contribution in [0.3, 0.4) is 0 Å². The number of esters is 1. The van der Waals surface area contributed by atoms with Crippen molar-refractivity contribution in [3.8, 4) is 0 Å². The normalized spacial score (nSPS) is 34.9. The molecule has 7 heteroatoms. The molecule has 0 radical (unpaired) electrons. The molecule has 5 atom stereocenters. The zero-order valence-corrected chi connectivity index (χ0v) is 10.7. The summed E-state index contributed by atoms with van der Waals surface area (Å²) >= 11 is 0. The number of carbonyl (C=O) groups is 1.